The molecule has 20 heavy (non-hydrogen) atoms. The zero-order valence-electron chi connectivity index (χ0n) is 12.5. The van der Waals surface area contributed by atoms with Crippen molar-refractivity contribution >= 4 is 11.6 Å². The Morgan fingerprint density at radius 2 is 1.90 bits per heavy atom. The first-order valence-electron chi connectivity index (χ1n) is 7.75. The number of likely N-dealkylation sites (tertiary alicyclic amines) is 1. The van der Waals surface area contributed by atoms with Gasteiger partial charge in [0.2, 0.25) is 0 Å². The van der Waals surface area contributed by atoms with E-state index in [1.54, 1.807) is 0 Å². The number of nitrogen functional groups attached to an aromatic ring is 1. The predicted molar refractivity (Wildman–Crippen MR) is 81.7 cm³/mol. The van der Waals surface area contributed by atoms with Gasteiger partial charge in [0, 0.05) is 23.8 Å². The van der Waals surface area contributed by atoms with Crippen LogP contribution in [-0.4, -0.2) is 23.4 Å². The summed E-state index contributed by atoms with van der Waals surface area (Å²) in [6.45, 7) is 4.91. The van der Waals surface area contributed by atoms with Crippen molar-refractivity contribution in [3.8, 4) is 0 Å². The number of piperidine rings is 1. The average Bonchev–Trinajstić information content (AvgIpc) is 2.90. The molecular weight excluding hydrogens is 248 g/mol. The Kier molecular flexibility index (Phi) is 3.45. The van der Waals surface area contributed by atoms with Crippen LogP contribution >= 0.6 is 0 Å². The SMILES string of the molecule is Cc1cc(C)c(C(=O)N2CCCC3CCCC32)cc1N. The van der Waals surface area contributed by atoms with Gasteiger partial charge in [-0.15, -0.1) is 0 Å². The summed E-state index contributed by atoms with van der Waals surface area (Å²) in [5.41, 5.74) is 9.60. The summed E-state index contributed by atoms with van der Waals surface area (Å²) in [7, 11) is 0. The van der Waals surface area contributed by atoms with Crippen LogP contribution in [0.5, 0.6) is 0 Å². The number of nitrogens with two attached hydrogens (primary N) is 1. The lowest BCUT2D eigenvalue weighted by molar-refractivity contribution is 0.0547. The van der Waals surface area contributed by atoms with Gasteiger partial charge < -0.3 is 10.6 Å². The molecule has 1 saturated carbocycles. The lowest BCUT2D eigenvalue weighted by Gasteiger charge is -2.38. The second kappa shape index (κ2) is 5.12. The van der Waals surface area contributed by atoms with Crippen molar-refractivity contribution in [1.29, 1.82) is 0 Å². The number of amides is 1. The molecule has 0 spiro atoms. The van der Waals surface area contributed by atoms with Gasteiger partial charge in [-0.25, -0.2) is 0 Å². The number of carbonyl (C=O) groups excluding carboxylic acids is 1. The van der Waals surface area contributed by atoms with Crippen molar-refractivity contribution in [2.75, 3.05) is 12.3 Å². The van der Waals surface area contributed by atoms with Crippen LogP contribution in [0.15, 0.2) is 12.1 Å². The van der Waals surface area contributed by atoms with E-state index in [1.807, 2.05) is 26.0 Å². The Bertz CT molecular complexity index is 538. The molecule has 1 aliphatic carbocycles. The Labute approximate surface area is 121 Å². The van der Waals surface area contributed by atoms with E-state index in [0.717, 1.165) is 41.3 Å². The van der Waals surface area contributed by atoms with E-state index in [9.17, 15) is 4.79 Å². The first-order valence-corrected chi connectivity index (χ1v) is 7.75. The zero-order valence-corrected chi connectivity index (χ0v) is 12.5. The van der Waals surface area contributed by atoms with Crippen molar-refractivity contribution in [1.82, 2.24) is 4.90 Å². The number of benzene rings is 1. The molecule has 3 heteroatoms. The highest BCUT2D eigenvalue weighted by atomic mass is 16.2. The van der Waals surface area contributed by atoms with Crippen molar-refractivity contribution in [3.05, 3.63) is 28.8 Å². The zero-order chi connectivity index (χ0) is 14.3. The van der Waals surface area contributed by atoms with E-state index in [-0.39, 0.29) is 5.91 Å². The van der Waals surface area contributed by atoms with Gasteiger partial charge in [-0.2, -0.15) is 0 Å². The number of fused-ring (bicyclic) bond motifs is 1. The summed E-state index contributed by atoms with van der Waals surface area (Å²) >= 11 is 0. The fourth-order valence-corrected chi connectivity index (χ4v) is 3.96. The predicted octanol–water partition coefficient (Wildman–Crippen LogP) is 3.29. The minimum absolute atomic E-state index is 0.186. The molecule has 3 rings (SSSR count). The summed E-state index contributed by atoms with van der Waals surface area (Å²) in [5.74, 6) is 0.918. The fourth-order valence-electron chi connectivity index (χ4n) is 3.96. The number of carbonyl (C=O) groups is 1. The van der Waals surface area contributed by atoms with Gasteiger partial charge in [0.1, 0.15) is 0 Å². The molecule has 3 nitrogen and oxygen atoms in total. The normalized spacial score (nSPS) is 25.6. The standard InChI is InChI=1S/C17H24N2O/c1-11-9-12(2)15(18)10-14(11)17(20)19-8-4-6-13-5-3-7-16(13)19/h9-10,13,16H,3-8,18H2,1-2H3. The molecule has 2 atom stereocenters. The Morgan fingerprint density at radius 1 is 1.15 bits per heavy atom. The van der Waals surface area contributed by atoms with Crippen LogP contribution < -0.4 is 5.73 Å². The van der Waals surface area contributed by atoms with E-state index in [4.69, 9.17) is 5.73 Å². The average molecular weight is 272 g/mol. The minimum Gasteiger partial charge on any atom is -0.398 e. The van der Waals surface area contributed by atoms with Crippen molar-refractivity contribution < 1.29 is 4.79 Å². The first-order chi connectivity index (χ1) is 9.58. The number of rotatable bonds is 1. The Morgan fingerprint density at radius 3 is 2.70 bits per heavy atom. The molecule has 1 amide bonds. The number of hydrogen-bond donors (Lipinski definition) is 1. The monoisotopic (exact) mass is 272 g/mol. The van der Waals surface area contributed by atoms with Crippen LogP contribution in [0.3, 0.4) is 0 Å². The summed E-state index contributed by atoms with van der Waals surface area (Å²) in [5, 5.41) is 0. The molecule has 1 aliphatic heterocycles. The van der Waals surface area contributed by atoms with Crippen LogP contribution in [-0.2, 0) is 0 Å². The molecule has 1 heterocycles. The maximum Gasteiger partial charge on any atom is 0.254 e. The molecule has 1 aromatic rings. The lowest BCUT2D eigenvalue weighted by atomic mass is 9.91. The lowest BCUT2D eigenvalue weighted by Crippen LogP contribution is -2.46. The van der Waals surface area contributed by atoms with Crippen molar-refractivity contribution in [2.24, 2.45) is 5.92 Å². The van der Waals surface area contributed by atoms with E-state index in [1.165, 1.54) is 25.7 Å². The summed E-state index contributed by atoms with van der Waals surface area (Å²) in [6.07, 6.45) is 6.19. The van der Waals surface area contributed by atoms with Gasteiger partial charge in [-0.3, -0.25) is 4.79 Å². The molecule has 1 saturated heterocycles. The second-order valence-electron chi connectivity index (χ2n) is 6.42. The van der Waals surface area contributed by atoms with Gasteiger partial charge in [0.25, 0.3) is 5.91 Å². The molecule has 0 radical (unpaired) electrons. The van der Waals surface area contributed by atoms with Gasteiger partial charge >= 0.3 is 0 Å². The number of nitrogens with zero attached hydrogens (tertiary/aromatic N) is 1. The molecule has 2 aliphatic rings. The molecule has 1 aromatic carbocycles. The molecule has 2 N–H and O–H groups in total. The Hall–Kier alpha value is -1.51. The van der Waals surface area contributed by atoms with E-state index in [2.05, 4.69) is 4.90 Å². The van der Waals surface area contributed by atoms with Crippen LogP contribution in [0.1, 0.15) is 53.6 Å². The highest BCUT2D eigenvalue weighted by Gasteiger charge is 2.37. The third-order valence-corrected chi connectivity index (χ3v) is 5.10. The molecular formula is C17H24N2O. The quantitative estimate of drug-likeness (QED) is 0.797. The number of anilines is 1. The van der Waals surface area contributed by atoms with Crippen LogP contribution in [0, 0.1) is 19.8 Å². The maximum atomic E-state index is 12.9. The van der Waals surface area contributed by atoms with Gasteiger partial charge in [0.05, 0.1) is 0 Å². The topological polar surface area (TPSA) is 46.3 Å². The third-order valence-electron chi connectivity index (χ3n) is 5.10. The van der Waals surface area contributed by atoms with Crippen LogP contribution in [0.2, 0.25) is 0 Å². The van der Waals surface area contributed by atoms with Gasteiger partial charge in [-0.1, -0.05) is 12.5 Å². The molecule has 2 unspecified atom stereocenters. The van der Waals surface area contributed by atoms with Gasteiger partial charge in [0.15, 0.2) is 0 Å². The van der Waals surface area contributed by atoms with Crippen LogP contribution in [0.4, 0.5) is 5.69 Å². The largest absolute Gasteiger partial charge is 0.398 e. The Balaban J connectivity index is 1.90. The minimum atomic E-state index is 0.186. The van der Waals surface area contributed by atoms with Crippen molar-refractivity contribution in [2.45, 2.75) is 52.0 Å². The number of hydrogen-bond acceptors (Lipinski definition) is 2. The highest BCUT2D eigenvalue weighted by molar-refractivity contribution is 5.97. The molecule has 108 valence electrons. The number of aryl methyl sites for hydroxylation is 2. The third kappa shape index (κ3) is 2.19. The van der Waals surface area contributed by atoms with Crippen molar-refractivity contribution in [3.63, 3.8) is 0 Å². The van der Waals surface area contributed by atoms with Gasteiger partial charge in [-0.05, 0) is 62.6 Å². The van der Waals surface area contributed by atoms with E-state index >= 15 is 0 Å². The van der Waals surface area contributed by atoms with Crippen LogP contribution in [0.25, 0.3) is 0 Å². The van der Waals surface area contributed by atoms with E-state index in [0.29, 0.717) is 6.04 Å². The molecule has 2 fully saturated rings. The second-order valence-corrected chi connectivity index (χ2v) is 6.42. The van der Waals surface area contributed by atoms with E-state index < -0.39 is 0 Å². The molecule has 0 aromatic heterocycles. The smallest absolute Gasteiger partial charge is 0.254 e. The summed E-state index contributed by atoms with van der Waals surface area (Å²) in [6, 6.07) is 4.36. The first kappa shape index (κ1) is 13.5. The highest BCUT2D eigenvalue weighted by Crippen LogP contribution is 2.37. The fraction of sp³-hybridized carbons (Fsp3) is 0.588. The summed E-state index contributed by atoms with van der Waals surface area (Å²) in [4.78, 5) is 15.0. The maximum absolute atomic E-state index is 12.9. The molecule has 0 bridgehead atoms. The summed E-state index contributed by atoms with van der Waals surface area (Å²) < 4.78 is 0.